The Kier molecular flexibility index (Phi) is 6.23. The zero-order valence-electron chi connectivity index (χ0n) is 11.3. The molecule has 1 aromatic rings. The summed E-state index contributed by atoms with van der Waals surface area (Å²) >= 11 is 0. The molecule has 0 aliphatic carbocycles. The summed E-state index contributed by atoms with van der Waals surface area (Å²) in [6.07, 6.45) is 3.31. The minimum absolute atomic E-state index is 0.161. The topological polar surface area (TPSA) is 23.5 Å². The molecule has 0 fully saturated rings. The molecule has 2 atom stereocenters. The Hall–Kier alpha value is -0.860. The third-order valence-corrected chi connectivity index (χ3v) is 3.41. The fourth-order valence-corrected chi connectivity index (χ4v) is 1.98. The van der Waals surface area contributed by atoms with Crippen molar-refractivity contribution in [1.82, 2.24) is 4.90 Å². The smallest absolute Gasteiger partial charge is 0.0942 e. The van der Waals surface area contributed by atoms with E-state index in [2.05, 4.69) is 25.8 Å². The molecule has 0 amide bonds. The molecule has 0 aliphatic heterocycles. The van der Waals surface area contributed by atoms with E-state index in [0.29, 0.717) is 0 Å². The van der Waals surface area contributed by atoms with Gasteiger partial charge in [-0.3, -0.25) is 0 Å². The maximum Gasteiger partial charge on any atom is 0.0942 e. The largest absolute Gasteiger partial charge is 0.387 e. The maximum atomic E-state index is 10.3. The Balaban J connectivity index is 2.48. The first kappa shape index (κ1) is 14.2. The summed E-state index contributed by atoms with van der Waals surface area (Å²) in [6.45, 7) is 5.35. The van der Waals surface area contributed by atoms with Crippen LogP contribution in [-0.4, -0.2) is 29.6 Å². The van der Waals surface area contributed by atoms with Crippen molar-refractivity contribution in [2.75, 3.05) is 13.6 Å². The molecule has 0 aromatic heterocycles. The first-order chi connectivity index (χ1) is 8.16. The molecule has 0 radical (unpaired) electrons. The van der Waals surface area contributed by atoms with Crippen molar-refractivity contribution in [2.45, 2.75) is 45.3 Å². The number of likely N-dealkylation sites (N-methyl/N-ethyl adjacent to an activating group) is 1. The van der Waals surface area contributed by atoms with Gasteiger partial charge in [-0.1, -0.05) is 50.1 Å². The SMILES string of the molecule is CCCCCN(C)[C@@H](C)[C@@H](O)c1ccccc1. The van der Waals surface area contributed by atoms with Crippen LogP contribution in [0.1, 0.15) is 44.8 Å². The van der Waals surface area contributed by atoms with E-state index in [4.69, 9.17) is 0 Å². The fraction of sp³-hybridized carbons (Fsp3) is 0.600. The predicted octanol–water partition coefficient (Wildman–Crippen LogP) is 3.23. The molecular weight excluding hydrogens is 210 g/mol. The lowest BCUT2D eigenvalue weighted by atomic mass is 10.0. The van der Waals surface area contributed by atoms with Gasteiger partial charge < -0.3 is 10.0 Å². The van der Waals surface area contributed by atoms with Gasteiger partial charge in [-0.25, -0.2) is 0 Å². The number of nitrogens with zero attached hydrogens (tertiary/aromatic N) is 1. The molecule has 0 heterocycles. The molecule has 1 aromatic carbocycles. The van der Waals surface area contributed by atoms with E-state index in [1.54, 1.807) is 0 Å². The van der Waals surface area contributed by atoms with Crippen LogP contribution in [0.2, 0.25) is 0 Å². The minimum atomic E-state index is -0.400. The molecular formula is C15H25NO. The number of hydrogen-bond acceptors (Lipinski definition) is 2. The molecule has 0 saturated carbocycles. The highest BCUT2D eigenvalue weighted by atomic mass is 16.3. The molecule has 0 bridgehead atoms. The summed E-state index contributed by atoms with van der Waals surface area (Å²) in [6, 6.07) is 10.1. The molecule has 0 spiro atoms. The zero-order chi connectivity index (χ0) is 12.7. The van der Waals surface area contributed by atoms with Crippen LogP contribution in [0.4, 0.5) is 0 Å². The van der Waals surface area contributed by atoms with Crippen molar-refractivity contribution < 1.29 is 5.11 Å². The second-order valence-corrected chi connectivity index (χ2v) is 4.78. The van der Waals surface area contributed by atoms with Gasteiger partial charge in [-0.15, -0.1) is 0 Å². The molecule has 1 N–H and O–H groups in total. The van der Waals surface area contributed by atoms with Gasteiger partial charge in [0.1, 0.15) is 0 Å². The summed E-state index contributed by atoms with van der Waals surface area (Å²) in [4.78, 5) is 2.24. The van der Waals surface area contributed by atoms with E-state index in [0.717, 1.165) is 12.1 Å². The van der Waals surface area contributed by atoms with Gasteiger partial charge >= 0.3 is 0 Å². The Morgan fingerprint density at radius 1 is 1.18 bits per heavy atom. The Morgan fingerprint density at radius 2 is 1.82 bits per heavy atom. The standard InChI is InChI=1S/C15H25NO/c1-4-5-9-12-16(3)13(2)15(17)14-10-7-6-8-11-14/h6-8,10-11,13,15,17H,4-5,9,12H2,1-3H3/t13-,15+/m0/s1. The van der Waals surface area contributed by atoms with Crippen LogP contribution in [0.25, 0.3) is 0 Å². The maximum absolute atomic E-state index is 10.3. The molecule has 17 heavy (non-hydrogen) atoms. The molecule has 2 heteroatoms. The monoisotopic (exact) mass is 235 g/mol. The first-order valence-electron chi connectivity index (χ1n) is 6.60. The number of aliphatic hydroxyl groups excluding tert-OH is 1. The molecule has 2 nitrogen and oxygen atoms in total. The molecule has 0 unspecified atom stereocenters. The van der Waals surface area contributed by atoms with E-state index in [1.807, 2.05) is 30.3 Å². The van der Waals surface area contributed by atoms with Crippen LogP contribution in [0.15, 0.2) is 30.3 Å². The van der Waals surface area contributed by atoms with Crippen LogP contribution in [0.5, 0.6) is 0 Å². The number of hydrogen-bond donors (Lipinski definition) is 1. The quantitative estimate of drug-likeness (QED) is 0.733. The van der Waals surface area contributed by atoms with Crippen molar-refractivity contribution >= 4 is 0 Å². The van der Waals surface area contributed by atoms with Crippen LogP contribution >= 0.6 is 0 Å². The molecule has 96 valence electrons. The second-order valence-electron chi connectivity index (χ2n) is 4.78. The average Bonchev–Trinajstić information content (AvgIpc) is 2.38. The van der Waals surface area contributed by atoms with Crippen LogP contribution in [-0.2, 0) is 0 Å². The highest BCUT2D eigenvalue weighted by molar-refractivity contribution is 5.18. The van der Waals surface area contributed by atoms with E-state index in [1.165, 1.54) is 19.3 Å². The minimum Gasteiger partial charge on any atom is -0.387 e. The number of rotatable bonds is 7. The first-order valence-corrected chi connectivity index (χ1v) is 6.60. The van der Waals surface area contributed by atoms with E-state index in [-0.39, 0.29) is 6.04 Å². The van der Waals surface area contributed by atoms with E-state index >= 15 is 0 Å². The molecule has 1 rings (SSSR count). The van der Waals surface area contributed by atoms with Crippen molar-refractivity contribution in [1.29, 1.82) is 0 Å². The van der Waals surface area contributed by atoms with Gasteiger partial charge in [0.25, 0.3) is 0 Å². The fourth-order valence-electron chi connectivity index (χ4n) is 1.98. The lowest BCUT2D eigenvalue weighted by Crippen LogP contribution is -2.35. The lowest BCUT2D eigenvalue weighted by Gasteiger charge is -2.29. The summed E-state index contributed by atoms with van der Waals surface area (Å²) in [5.41, 5.74) is 1.00. The summed E-state index contributed by atoms with van der Waals surface area (Å²) in [5, 5.41) is 10.3. The highest BCUT2D eigenvalue weighted by Gasteiger charge is 2.19. The summed E-state index contributed by atoms with van der Waals surface area (Å²) in [5.74, 6) is 0. The average molecular weight is 235 g/mol. The third-order valence-electron chi connectivity index (χ3n) is 3.41. The van der Waals surface area contributed by atoms with Crippen LogP contribution < -0.4 is 0 Å². The summed E-state index contributed by atoms with van der Waals surface area (Å²) < 4.78 is 0. The van der Waals surface area contributed by atoms with E-state index < -0.39 is 6.10 Å². The van der Waals surface area contributed by atoms with Gasteiger partial charge in [0, 0.05) is 6.04 Å². The number of aliphatic hydroxyl groups is 1. The van der Waals surface area contributed by atoms with Crippen molar-refractivity contribution in [3.8, 4) is 0 Å². The third kappa shape index (κ3) is 4.49. The van der Waals surface area contributed by atoms with Crippen LogP contribution in [0, 0.1) is 0 Å². The lowest BCUT2D eigenvalue weighted by molar-refractivity contribution is 0.0717. The molecule has 0 aliphatic rings. The Morgan fingerprint density at radius 3 is 2.41 bits per heavy atom. The van der Waals surface area contributed by atoms with Crippen LogP contribution in [0.3, 0.4) is 0 Å². The van der Waals surface area contributed by atoms with Gasteiger partial charge in [0.05, 0.1) is 6.10 Å². The summed E-state index contributed by atoms with van der Waals surface area (Å²) in [7, 11) is 2.09. The molecule has 0 saturated heterocycles. The number of unbranched alkanes of at least 4 members (excludes halogenated alkanes) is 2. The second kappa shape index (κ2) is 7.46. The van der Waals surface area contributed by atoms with Gasteiger partial charge in [0.15, 0.2) is 0 Å². The van der Waals surface area contributed by atoms with Crippen molar-refractivity contribution in [2.24, 2.45) is 0 Å². The van der Waals surface area contributed by atoms with Gasteiger partial charge in [-0.05, 0) is 32.5 Å². The Labute approximate surface area is 105 Å². The Bertz CT molecular complexity index is 299. The van der Waals surface area contributed by atoms with Gasteiger partial charge in [0.2, 0.25) is 0 Å². The van der Waals surface area contributed by atoms with Crippen molar-refractivity contribution in [3.63, 3.8) is 0 Å². The number of benzene rings is 1. The predicted molar refractivity (Wildman–Crippen MR) is 73.0 cm³/mol. The normalized spacial score (nSPS) is 14.9. The highest BCUT2D eigenvalue weighted by Crippen LogP contribution is 2.19. The van der Waals surface area contributed by atoms with E-state index in [9.17, 15) is 5.11 Å². The zero-order valence-corrected chi connectivity index (χ0v) is 11.3. The van der Waals surface area contributed by atoms with Crippen molar-refractivity contribution in [3.05, 3.63) is 35.9 Å². The van der Waals surface area contributed by atoms with Gasteiger partial charge in [-0.2, -0.15) is 0 Å².